The summed E-state index contributed by atoms with van der Waals surface area (Å²) in [5.74, 6) is 0. The summed E-state index contributed by atoms with van der Waals surface area (Å²) in [5, 5.41) is -4.29. The Balaban J connectivity index is 0. The molecule has 0 aromatic carbocycles. The van der Waals surface area contributed by atoms with Gasteiger partial charge in [0.2, 0.25) is 0 Å². The molecule has 0 aromatic heterocycles. The van der Waals surface area contributed by atoms with Gasteiger partial charge in [-0.2, -0.15) is 22.0 Å². The largest absolute Gasteiger partial charge is 1.00 e. The van der Waals surface area contributed by atoms with E-state index in [1.165, 1.54) is 0 Å². The first kappa shape index (κ1) is 22.5. The van der Waals surface area contributed by atoms with E-state index in [4.69, 9.17) is 0 Å². The van der Waals surface area contributed by atoms with Gasteiger partial charge in [-0.25, -0.2) is 8.42 Å². The molecule has 10 heteroatoms. The van der Waals surface area contributed by atoms with E-state index in [9.17, 15) is 34.9 Å². The minimum absolute atomic E-state index is 0. The minimum atomic E-state index is -5.65. The van der Waals surface area contributed by atoms with Crippen molar-refractivity contribution in [1.29, 1.82) is 0 Å². The van der Waals surface area contributed by atoms with E-state index in [0.717, 1.165) is 0 Å². The molecule has 3 nitrogen and oxygen atoms in total. The van der Waals surface area contributed by atoms with Gasteiger partial charge in [0.1, 0.15) is 0 Å². The summed E-state index contributed by atoms with van der Waals surface area (Å²) < 4.78 is 90.7. The minimum Gasteiger partial charge on any atom is -0.743 e. The fourth-order valence-corrected chi connectivity index (χ4v) is 1.71. The van der Waals surface area contributed by atoms with Crippen LogP contribution in [0.2, 0.25) is 0 Å². The van der Waals surface area contributed by atoms with Crippen molar-refractivity contribution in [2.24, 2.45) is 0 Å². The van der Waals surface area contributed by atoms with Gasteiger partial charge in [-0.05, 0) is 12.8 Å². The first-order valence-corrected chi connectivity index (χ1v) is 6.76. The average molecular weight is 336 g/mol. The summed E-state index contributed by atoms with van der Waals surface area (Å²) in [5.41, 5.74) is 0. The second-order valence-corrected chi connectivity index (χ2v) is 5.48. The molecule has 0 unspecified atom stereocenters. The molecule has 0 aliphatic carbocycles. The van der Waals surface area contributed by atoms with Crippen LogP contribution in [0.5, 0.6) is 0 Å². The molecule has 0 radical (unpaired) electrons. The fourth-order valence-electron chi connectivity index (χ4n) is 1.31. The van der Waals surface area contributed by atoms with Crippen LogP contribution in [0, 0.1) is 0 Å². The summed E-state index contributed by atoms with van der Waals surface area (Å²) in [6.45, 7) is 0. The van der Waals surface area contributed by atoms with Crippen molar-refractivity contribution < 1.29 is 86.3 Å². The third kappa shape index (κ3) is 11.5. The third-order valence-electron chi connectivity index (χ3n) is 2.29. The van der Waals surface area contributed by atoms with Gasteiger partial charge in [0.25, 0.3) is 0 Å². The second kappa shape index (κ2) is 9.26. The van der Waals surface area contributed by atoms with Gasteiger partial charge in [0, 0.05) is 12.8 Å². The van der Waals surface area contributed by atoms with E-state index in [2.05, 4.69) is 0 Å². The van der Waals surface area contributed by atoms with Crippen LogP contribution < -0.4 is 51.4 Å². The standard InChI is InChI=1S/C9H15F5O3S.K/c10-8(11,12)6-4-2-1-3-5-7-9(13,14)18(15,16)17;/h1-7H2,(H,15,16,17);/q;+1/p-1. The number of halogens is 5. The molecule has 0 amide bonds. The summed E-state index contributed by atoms with van der Waals surface area (Å²) in [6, 6.07) is 0. The molecule has 0 heterocycles. The maximum Gasteiger partial charge on any atom is 1.00 e. The smallest absolute Gasteiger partial charge is 0.743 e. The van der Waals surface area contributed by atoms with Crippen LogP contribution in [-0.4, -0.2) is 24.4 Å². The summed E-state index contributed by atoms with van der Waals surface area (Å²) >= 11 is 0. The maximum absolute atomic E-state index is 12.6. The predicted molar refractivity (Wildman–Crippen MR) is 53.0 cm³/mol. The molecule has 0 N–H and O–H groups in total. The molecule has 110 valence electrons. The first-order valence-electron chi connectivity index (χ1n) is 5.36. The Morgan fingerprint density at radius 3 is 1.53 bits per heavy atom. The van der Waals surface area contributed by atoms with Crippen molar-refractivity contribution in [2.45, 2.75) is 56.4 Å². The normalized spacial score (nSPS) is 13.2. The average Bonchev–Trinajstić information content (AvgIpc) is 2.12. The molecule has 0 saturated heterocycles. The molecule has 0 aromatic rings. The van der Waals surface area contributed by atoms with Gasteiger partial charge >= 0.3 is 62.8 Å². The van der Waals surface area contributed by atoms with Crippen molar-refractivity contribution in [2.75, 3.05) is 0 Å². The summed E-state index contributed by atoms with van der Waals surface area (Å²) in [7, 11) is -5.65. The van der Waals surface area contributed by atoms with Gasteiger partial charge in [-0.3, -0.25) is 0 Å². The monoisotopic (exact) mass is 336 g/mol. The van der Waals surface area contributed by atoms with Crippen molar-refractivity contribution in [3.63, 3.8) is 0 Å². The van der Waals surface area contributed by atoms with E-state index in [0.29, 0.717) is 6.42 Å². The molecule has 0 spiro atoms. The van der Waals surface area contributed by atoms with Crippen LogP contribution in [0.15, 0.2) is 0 Å². The SMILES string of the molecule is O=S(=O)([O-])C(F)(F)CCCCCCCC(F)(F)F.[K+]. The number of hydrogen-bond acceptors (Lipinski definition) is 3. The van der Waals surface area contributed by atoms with Crippen LogP contribution in [0.25, 0.3) is 0 Å². The molecule has 0 aliphatic heterocycles. The Morgan fingerprint density at radius 2 is 1.16 bits per heavy atom. The van der Waals surface area contributed by atoms with Crippen LogP contribution >= 0.6 is 0 Å². The number of rotatable bonds is 8. The fraction of sp³-hybridized carbons (Fsp3) is 1.00. The van der Waals surface area contributed by atoms with Crippen molar-refractivity contribution >= 4 is 10.1 Å². The predicted octanol–water partition coefficient (Wildman–Crippen LogP) is 0.421. The molecule has 0 rings (SSSR count). The molecule has 0 saturated carbocycles. The molecule has 19 heavy (non-hydrogen) atoms. The van der Waals surface area contributed by atoms with Crippen LogP contribution in [0.4, 0.5) is 22.0 Å². The van der Waals surface area contributed by atoms with Gasteiger partial charge in [0.05, 0.1) is 0 Å². The van der Waals surface area contributed by atoms with E-state index in [1.807, 2.05) is 0 Å². The number of unbranched alkanes of at least 4 members (excludes halogenated alkanes) is 4. The van der Waals surface area contributed by atoms with Crippen LogP contribution in [0.1, 0.15) is 44.9 Å². The van der Waals surface area contributed by atoms with E-state index >= 15 is 0 Å². The zero-order valence-electron chi connectivity index (χ0n) is 10.5. The Labute approximate surface area is 151 Å². The Hall–Kier alpha value is 1.20. The first-order chi connectivity index (χ1) is 7.96. The maximum atomic E-state index is 12.6. The number of alkyl halides is 5. The summed E-state index contributed by atoms with van der Waals surface area (Å²) in [4.78, 5) is 0. The molecule has 0 aliphatic rings. The Bertz CT molecular complexity index is 342. The third-order valence-corrected chi connectivity index (χ3v) is 3.23. The number of hydrogen-bond donors (Lipinski definition) is 0. The van der Waals surface area contributed by atoms with Crippen LogP contribution in [0.3, 0.4) is 0 Å². The second-order valence-electron chi connectivity index (χ2n) is 3.97. The summed E-state index contributed by atoms with van der Waals surface area (Å²) in [6.07, 6.45) is -5.82. The van der Waals surface area contributed by atoms with E-state index < -0.39 is 34.4 Å². The molecule has 0 bridgehead atoms. The van der Waals surface area contributed by atoms with Crippen molar-refractivity contribution in [1.82, 2.24) is 0 Å². The zero-order valence-corrected chi connectivity index (χ0v) is 14.4. The quantitative estimate of drug-likeness (QED) is 0.279. The molecular weight excluding hydrogens is 322 g/mol. The topological polar surface area (TPSA) is 57.2 Å². The van der Waals surface area contributed by atoms with Gasteiger partial charge in [0.15, 0.2) is 10.1 Å². The Morgan fingerprint density at radius 1 is 0.789 bits per heavy atom. The molecule has 0 atom stereocenters. The zero-order chi connectivity index (χ0) is 14.4. The van der Waals surface area contributed by atoms with Gasteiger partial charge in [-0.15, -0.1) is 0 Å². The molecular formula is C9H14F5KO3S. The molecule has 0 fully saturated rings. The van der Waals surface area contributed by atoms with E-state index in [1.54, 1.807) is 0 Å². The van der Waals surface area contributed by atoms with Gasteiger partial charge in [-0.1, -0.05) is 19.3 Å². The van der Waals surface area contributed by atoms with E-state index in [-0.39, 0.29) is 77.1 Å². The van der Waals surface area contributed by atoms with Gasteiger partial charge < -0.3 is 4.55 Å². The van der Waals surface area contributed by atoms with Crippen molar-refractivity contribution in [3.8, 4) is 0 Å². The Kier molecular flexibility index (Phi) is 11.0. The van der Waals surface area contributed by atoms with Crippen molar-refractivity contribution in [3.05, 3.63) is 0 Å². The van der Waals surface area contributed by atoms with Crippen LogP contribution in [-0.2, 0) is 10.1 Å².